The maximum Gasteiger partial charge on any atom is 0.337 e. The summed E-state index contributed by atoms with van der Waals surface area (Å²) in [7, 11) is -3.13. The second-order valence-corrected chi connectivity index (χ2v) is 3.60. The van der Waals surface area contributed by atoms with Crippen molar-refractivity contribution in [2.75, 3.05) is 0 Å². The Bertz CT molecular complexity index is 494. The van der Waals surface area contributed by atoms with Crippen molar-refractivity contribution in [3.8, 4) is 0 Å². The van der Waals surface area contributed by atoms with Crippen LogP contribution in [0.15, 0.2) is 23.1 Å². The van der Waals surface area contributed by atoms with E-state index in [-0.39, 0.29) is 5.56 Å². The molecular formula is C8H6O6S. The fourth-order valence-corrected chi connectivity index (χ4v) is 1.61. The molecule has 0 heterocycles. The van der Waals surface area contributed by atoms with Crippen molar-refractivity contribution in [3.05, 3.63) is 29.3 Å². The summed E-state index contributed by atoms with van der Waals surface area (Å²) in [5, 5.41) is 17.2. The van der Waals surface area contributed by atoms with Gasteiger partial charge in [0.2, 0.25) is 0 Å². The monoisotopic (exact) mass is 230 g/mol. The van der Waals surface area contributed by atoms with E-state index in [0.717, 1.165) is 18.2 Å². The molecule has 0 aliphatic carbocycles. The summed E-state index contributed by atoms with van der Waals surface area (Å²) in [6, 6.07) is 2.80. The van der Waals surface area contributed by atoms with Crippen LogP contribution in [0.5, 0.6) is 0 Å². The molecule has 0 aliphatic rings. The Morgan fingerprint density at radius 1 is 1.07 bits per heavy atom. The predicted octanol–water partition coefficient (Wildman–Crippen LogP) is 0.0533. The highest BCUT2D eigenvalue weighted by atomic mass is 32.2. The molecule has 1 aromatic rings. The van der Waals surface area contributed by atoms with Crippen molar-refractivity contribution in [1.29, 1.82) is 0 Å². The third-order valence-corrected chi connectivity index (χ3v) is 2.44. The first-order valence-electron chi connectivity index (χ1n) is 3.68. The molecule has 0 unspecified atom stereocenters. The zero-order valence-corrected chi connectivity index (χ0v) is 8.10. The van der Waals surface area contributed by atoms with Crippen LogP contribution in [0.4, 0.5) is 0 Å². The average molecular weight is 230 g/mol. The second kappa shape index (κ2) is 4.09. The zero-order chi connectivity index (χ0) is 11.6. The lowest BCUT2D eigenvalue weighted by Crippen LogP contribution is -2.04. The maximum absolute atomic E-state index is 10.7. The van der Waals surface area contributed by atoms with Crippen LogP contribution in [0.25, 0.3) is 0 Å². The Hall–Kier alpha value is -1.89. The minimum absolute atomic E-state index is 0.269. The molecule has 80 valence electrons. The van der Waals surface area contributed by atoms with Crippen LogP contribution < -0.4 is 0 Å². The Balaban J connectivity index is 3.46. The third-order valence-electron chi connectivity index (χ3n) is 1.67. The molecule has 0 spiro atoms. The van der Waals surface area contributed by atoms with Gasteiger partial charge in [-0.25, -0.2) is 18.0 Å². The molecule has 0 radical (unpaired) electrons. The molecule has 7 heteroatoms. The topological polar surface area (TPSA) is 109 Å². The molecule has 0 saturated carbocycles. The molecular weight excluding hydrogens is 224 g/mol. The smallest absolute Gasteiger partial charge is 0.337 e. The molecule has 0 fully saturated rings. The van der Waals surface area contributed by atoms with E-state index in [4.69, 9.17) is 10.2 Å². The lowest BCUT2D eigenvalue weighted by atomic mass is 10.1. The molecule has 0 aromatic heterocycles. The van der Waals surface area contributed by atoms with Gasteiger partial charge < -0.3 is 10.2 Å². The number of carboxylic acid groups (broad SMARTS) is 2. The molecule has 0 bridgehead atoms. The summed E-state index contributed by atoms with van der Waals surface area (Å²) in [6.07, 6.45) is 0. The van der Waals surface area contributed by atoms with Gasteiger partial charge in [-0.15, -0.1) is 0 Å². The molecule has 1 aromatic carbocycles. The zero-order valence-electron chi connectivity index (χ0n) is 7.21. The van der Waals surface area contributed by atoms with Crippen molar-refractivity contribution in [3.63, 3.8) is 0 Å². The van der Waals surface area contributed by atoms with E-state index >= 15 is 0 Å². The van der Waals surface area contributed by atoms with E-state index < -0.39 is 33.1 Å². The van der Waals surface area contributed by atoms with Gasteiger partial charge in [0.25, 0.3) is 0 Å². The van der Waals surface area contributed by atoms with Crippen molar-refractivity contribution in [2.45, 2.75) is 4.90 Å². The van der Waals surface area contributed by atoms with Gasteiger partial charge in [0.1, 0.15) is 0 Å². The number of benzene rings is 1. The molecule has 0 aliphatic heterocycles. The molecule has 6 nitrogen and oxygen atoms in total. The number of aromatic carboxylic acids is 2. The number of hydrogen-bond acceptors (Lipinski definition) is 4. The van der Waals surface area contributed by atoms with Gasteiger partial charge in [-0.2, -0.15) is 0 Å². The highest BCUT2D eigenvalue weighted by Crippen LogP contribution is 2.13. The van der Waals surface area contributed by atoms with E-state index in [1.165, 1.54) is 0 Å². The number of hydrogen-bond donors (Lipinski definition) is 3. The summed E-state index contributed by atoms with van der Waals surface area (Å²) in [5.41, 5.74) is -0.703. The normalized spacial score (nSPS) is 10.2. The SMILES string of the molecule is O=C(O)c1ccc(C(=O)O)c([SH](=O)=O)c1. The third kappa shape index (κ3) is 2.32. The average Bonchev–Trinajstić information content (AvgIpc) is 2.16. The van der Waals surface area contributed by atoms with Gasteiger partial charge in [-0.05, 0) is 18.2 Å². The number of thiol groups is 1. The van der Waals surface area contributed by atoms with Crippen LogP contribution in [-0.4, -0.2) is 30.6 Å². The Morgan fingerprint density at radius 3 is 2.07 bits per heavy atom. The quantitative estimate of drug-likeness (QED) is 0.633. The van der Waals surface area contributed by atoms with E-state index in [1.807, 2.05) is 0 Å². The van der Waals surface area contributed by atoms with Gasteiger partial charge in [-0.1, -0.05) is 0 Å². The van der Waals surface area contributed by atoms with E-state index in [2.05, 4.69) is 0 Å². The number of rotatable bonds is 3. The Labute approximate surface area is 85.7 Å². The molecule has 15 heavy (non-hydrogen) atoms. The fraction of sp³-hybridized carbons (Fsp3) is 0. The highest BCUT2D eigenvalue weighted by Gasteiger charge is 2.14. The minimum Gasteiger partial charge on any atom is -0.478 e. The first kappa shape index (κ1) is 11.2. The Kier molecular flexibility index (Phi) is 3.05. The molecule has 0 atom stereocenters. The van der Waals surface area contributed by atoms with Gasteiger partial charge in [0, 0.05) is 0 Å². The summed E-state index contributed by atoms with van der Waals surface area (Å²) >= 11 is 0. The van der Waals surface area contributed by atoms with Crippen molar-refractivity contribution >= 4 is 22.6 Å². The highest BCUT2D eigenvalue weighted by molar-refractivity contribution is 7.72. The molecule has 0 amide bonds. The lowest BCUT2D eigenvalue weighted by molar-refractivity contribution is 0.0678. The van der Waals surface area contributed by atoms with Crippen molar-refractivity contribution in [1.82, 2.24) is 0 Å². The number of carbonyl (C=O) groups is 2. The Morgan fingerprint density at radius 2 is 1.67 bits per heavy atom. The van der Waals surface area contributed by atoms with Crippen molar-refractivity contribution < 1.29 is 28.2 Å². The minimum atomic E-state index is -3.13. The van der Waals surface area contributed by atoms with E-state index in [1.54, 1.807) is 0 Å². The summed E-state index contributed by atoms with van der Waals surface area (Å²) in [6.45, 7) is 0. The molecule has 0 saturated heterocycles. The standard InChI is InChI=1S/C8H6O6S/c9-7(10)4-1-2-5(8(11)12)6(3-4)15(13)14/h1-3,15H,(H,9,10)(H,11,12). The van der Waals surface area contributed by atoms with E-state index in [0.29, 0.717) is 0 Å². The first-order valence-corrected chi connectivity index (χ1v) is 4.86. The summed E-state index contributed by atoms with van der Waals surface area (Å²) in [4.78, 5) is 20.6. The predicted molar refractivity (Wildman–Crippen MR) is 48.9 cm³/mol. The largest absolute Gasteiger partial charge is 0.478 e. The van der Waals surface area contributed by atoms with Gasteiger partial charge in [0.15, 0.2) is 10.7 Å². The van der Waals surface area contributed by atoms with Crippen molar-refractivity contribution in [2.24, 2.45) is 0 Å². The van der Waals surface area contributed by atoms with Crippen LogP contribution in [0.1, 0.15) is 20.7 Å². The first-order chi connectivity index (χ1) is 6.93. The van der Waals surface area contributed by atoms with Crippen LogP contribution in [0.3, 0.4) is 0 Å². The van der Waals surface area contributed by atoms with E-state index in [9.17, 15) is 18.0 Å². The van der Waals surface area contributed by atoms with Gasteiger partial charge >= 0.3 is 11.9 Å². The maximum atomic E-state index is 10.7. The summed E-state index contributed by atoms with van der Waals surface area (Å²) < 4.78 is 21.4. The van der Waals surface area contributed by atoms with Crippen LogP contribution >= 0.6 is 0 Å². The van der Waals surface area contributed by atoms with Crippen LogP contribution in [0, 0.1) is 0 Å². The molecule has 1 rings (SSSR count). The lowest BCUT2D eigenvalue weighted by Gasteiger charge is -2.00. The van der Waals surface area contributed by atoms with Gasteiger partial charge in [-0.3, -0.25) is 0 Å². The van der Waals surface area contributed by atoms with Crippen LogP contribution in [-0.2, 0) is 10.7 Å². The fourth-order valence-electron chi connectivity index (χ4n) is 0.997. The molecule has 2 N–H and O–H groups in total. The number of carboxylic acids is 2. The summed E-state index contributed by atoms with van der Waals surface area (Å²) in [5.74, 6) is -2.73. The van der Waals surface area contributed by atoms with Crippen LogP contribution in [0.2, 0.25) is 0 Å². The second-order valence-electron chi connectivity index (χ2n) is 2.60. The van der Waals surface area contributed by atoms with Gasteiger partial charge in [0.05, 0.1) is 16.0 Å².